The zero-order valence-electron chi connectivity index (χ0n) is 11.6. The Morgan fingerprint density at radius 1 is 1.33 bits per heavy atom. The fraction of sp³-hybridized carbons (Fsp3) is 0.846. The Balaban J connectivity index is 2.41. The number of piperidine rings is 1. The fourth-order valence-corrected chi connectivity index (χ4v) is 1.76. The number of carbonyl (C=O) groups is 2. The maximum atomic E-state index is 11.8. The van der Waals surface area contributed by atoms with Crippen LogP contribution in [0.4, 0.5) is 0 Å². The number of nitrogens with one attached hydrogen (secondary N) is 1. The van der Waals surface area contributed by atoms with Crippen molar-refractivity contribution in [3.63, 3.8) is 0 Å². The van der Waals surface area contributed by atoms with Crippen LogP contribution < -0.4 is 5.32 Å². The summed E-state index contributed by atoms with van der Waals surface area (Å²) in [6.07, 6.45) is 0.923. The van der Waals surface area contributed by atoms with Gasteiger partial charge in [0.1, 0.15) is 5.60 Å². The van der Waals surface area contributed by atoms with Gasteiger partial charge in [0.15, 0.2) is 6.10 Å². The highest BCUT2D eigenvalue weighted by molar-refractivity contribution is 5.80. The van der Waals surface area contributed by atoms with Gasteiger partial charge in [-0.05, 0) is 47.1 Å². The van der Waals surface area contributed by atoms with E-state index in [1.165, 1.54) is 0 Å². The van der Waals surface area contributed by atoms with Crippen molar-refractivity contribution in [3.05, 3.63) is 0 Å². The first kappa shape index (κ1) is 15.0. The molecule has 5 heteroatoms. The van der Waals surface area contributed by atoms with E-state index in [1.807, 2.05) is 0 Å². The third-order valence-electron chi connectivity index (χ3n) is 2.66. The summed E-state index contributed by atoms with van der Waals surface area (Å²) in [5, 5.41) is 3.14. The first-order valence-corrected chi connectivity index (χ1v) is 6.43. The average molecular weight is 257 g/mol. The summed E-state index contributed by atoms with van der Waals surface area (Å²) in [6, 6.07) is 0. The molecule has 1 aliphatic rings. The summed E-state index contributed by atoms with van der Waals surface area (Å²) >= 11 is 0. The molecule has 0 amide bonds. The number of esters is 2. The maximum absolute atomic E-state index is 11.8. The van der Waals surface area contributed by atoms with Gasteiger partial charge in [0, 0.05) is 6.54 Å². The van der Waals surface area contributed by atoms with Crippen molar-refractivity contribution >= 4 is 11.9 Å². The molecule has 0 spiro atoms. The molecule has 0 aromatic rings. The van der Waals surface area contributed by atoms with Crippen molar-refractivity contribution in [2.45, 2.75) is 52.2 Å². The van der Waals surface area contributed by atoms with Crippen LogP contribution in [-0.2, 0) is 19.1 Å². The minimum absolute atomic E-state index is 0.149. The monoisotopic (exact) mass is 257 g/mol. The molecule has 18 heavy (non-hydrogen) atoms. The molecule has 2 atom stereocenters. The van der Waals surface area contributed by atoms with E-state index in [-0.39, 0.29) is 11.9 Å². The number of ether oxygens (including phenoxy) is 2. The predicted octanol–water partition coefficient (Wildman–Crippen LogP) is 1.26. The Bertz CT molecular complexity index is 303. The van der Waals surface area contributed by atoms with E-state index in [4.69, 9.17) is 9.47 Å². The van der Waals surface area contributed by atoms with E-state index in [0.29, 0.717) is 6.54 Å². The average Bonchev–Trinajstić information content (AvgIpc) is 2.27. The summed E-state index contributed by atoms with van der Waals surface area (Å²) in [6.45, 7) is 8.45. The minimum Gasteiger partial charge on any atom is -0.457 e. The van der Waals surface area contributed by atoms with Crippen LogP contribution in [-0.4, -0.2) is 36.7 Å². The van der Waals surface area contributed by atoms with Gasteiger partial charge in [-0.1, -0.05) is 0 Å². The topological polar surface area (TPSA) is 64.6 Å². The molecule has 0 unspecified atom stereocenters. The Hall–Kier alpha value is -1.10. The van der Waals surface area contributed by atoms with Gasteiger partial charge >= 0.3 is 11.9 Å². The lowest BCUT2D eigenvalue weighted by Crippen LogP contribution is -2.39. The van der Waals surface area contributed by atoms with Gasteiger partial charge in [-0.3, -0.25) is 4.79 Å². The van der Waals surface area contributed by atoms with Crippen molar-refractivity contribution < 1.29 is 19.1 Å². The fourth-order valence-electron chi connectivity index (χ4n) is 1.76. The lowest BCUT2D eigenvalue weighted by atomic mass is 10.00. The highest BCUT2D eigenvalue weighted by Crippen LogP contribution is 2.14. The lowest BCUT2D eigenvalue weighted by Gasteiger charge is -2.25. The normalized spacial score (nSPS) is 22.1. The van der Waals surface area contributed by atoms with Gasteiger partial charge in [0.2, 0.25) is 0 Å². The molecule has 1 saturated heterocycles. The second-order valence-electron chi connectivity index (χ2n) is 5.66. The second kappa shape index (κ2) is 6.18. The molecule has 0 aromatic carbocycles. The van der Waals surface area contributed by atoms with Crippen molar-refractivity contribution in [1.29, 1.82) is 0 Å². The third kappa shape index (κ3) is 5.04. The highest BCUT2D eigenvalue weighted by Gasteiger charge is 2.28. The number of hydrogen-bond donors (Lipinski definition) is 1. The van der Waals surface area contributed by atoms with Crippen molar-refractivity contribution in [1.82, 2.24) is 5.32 Å². The van der Waals surface area contributed by atoms with Gasteiger partial charge in [-0.25, -0.2) is 4.79 Å². The highest BCUT2D eigenvalue weighted by atomic mass is 16.6. The van der Waals surface area contributed by atoms with Crippen LogP contribution in [0.3, 0.4) is 0 Å². The molecule has 1 fully saturated rings. The Morgan fingerprint density at radius 3 is 2.50 bits per heavy atom. The summed E-state index contributed by atoms with van der Waals surface area (Å²) in [4.78, 5) is 23.5. The molecule has 104 valence electrons. The van der Waals surface area contributed by atoms with E-state index in [0.717, 1.165) is 19.4 Å². The minimum atomic E-state index is -0.848. The van der Waals surface area contributed by atoms with E-state index in [9.17, 15) is 9.59 Å². The van der Waals surface area contributed by atoms with Crippen molar-refractivity contribution in [3.8, 4) is 0 Å². The molecule has 0 aromatic heterocycles. The molecule has 5 nitrogen and oxygen atoms in total. The standard InChI is InChI=1S/C13H23NO4/c1-9(11(15)18-13(2,3)4)17-12(16)10-6-5-7-14-8-10/h9-10,14H,5-8H2,1-4H3/t9-,10+/m0/s1. The van der Waals surface area contributed by atoms with E-state index < -0.39 is 17.7 Å². The van der Waals surface area contributed by atoms with Crippen LogP contribution >= 0.6 is 0 Å². The molecule has 0 radical (unpaired) electrons. The smallest absolute Gasteiger partial charge is 0.347 e. The van der Waals surface area contributed by atoms with Crippen molar-refractivity contribution in [2.24, 2.45) is 5.92 Å². The van der Waals surface area contributed by atoms with E-state index in [1.54, 1.807) is 27.7 Å². The Labute approximate surface area is 108 Å². The zero-order valence-corrected chi connectivity index (χ0v) is 11.6. The van der Waals surface area contributed by atoms with Gasteiger partial charge in [0.05, 0.1) is 5.92 Å². The molecule has 1 rings (SSSR count). The molecule has 0 aliphatic carbocycles. The summed E-state index contributed by atoms with van der Waals surface area (Å²) in [5.41, 5.74) is -0.565. The quantitative estimate of drug-likeness (QED) is 0.771. The van der Waals surface area contributed by atoms with Gasteiger partial charge < -0.3 is 14.8 Å². The molecule has 1 aliphatic heterocycles. The second-order valence-corrected chi connectivity index (χ2v) is 5.66. The summed E-state index contributed by atoms with van der Waals surface area (Å²) in [5.74, 6) is -0.969. The summed E-state index contributed by atoms with van der Waals surface area (Å²) in [7, 11) is 0. The maximum Gasteiger partial charge on any atom is 0.347 e. The van der Waals surface area contributed by atoms with Crippen LogP contribution in [0, 0.1) is 5.92 Å². The van der Waals surface area contributed by atoms with Crippen LogP contribution in [0.5, 0.6) is 0 Å². The first-order valence-electron chi connectivity index (χ1n) is 6.43. The number of carbonyl (C=O) groups excluding carboxylic acids is 2. The van der Waals surface area contributed by atoms with Gasteiger partial charge in [-0.15, -0.1) is 0 Å². The van der Waals surface area contributed by atoms with Crippen molar-refractivity contribution in [2.75, 3.05) is 13.1 Å². The third-order valence-corrected chi connectivity index (χ3v) is 2.66. The molecular weight excluding hydrogens is 234 g/mol. The van der Waals surface area contributed by atoms with Crippen LogP contribution in [0.25, 0.3) is 0 Å². The zero-order chi connectivity index (χ0) is 13.8. The largest absolute Gasteiger partial charge is 0.457 e. The molecule has 0 bridgehead atoms. The predicted molar refractivity (Wildman–Crippen MR) is 67.0 cm³/mol. The SMILES string of the molecule is C[C@H](OC(=O)[C@@H]1CCCNC1)C(=O)OC(C)(C)C. The molecule has 0 saturated carbocycles. The number of hydrogen-bond acceptors (Lipinski definition) is 5. The van der Waals surface area contributed by atoms with Crippen LogP contribution in [0.2, 0.25) is 0 Å². The van der Waals surface area contributed by atoms with Gasteiger partial charge in [-0.2, -0.15) is 0 Å². The number of rotatable bonds is 3. The first-order chi connectivity index (χ1) is 8.29. The van der Waals surface area contributed by atoms with Crippen LogP contribution in [0.1, 0.15) is 40.5 Å². The molecular formula is C13H23NO4. The van der Waals surface area contributed by atoms with E-state index in [2.05, 4.69) is 5.32 Å². The Morgan fingerprint density at radius 2 is 2.00 bits per heavy atom. The Kier molecular flexibility index (Phi) is 5.14. The van der Waals surface area contributed by atoms with Crippen LogP contribution in [0.15, 0.2) is 0 Å². The lowest BCUT2D eigenvalue weighted by molar-refractivity contribution is -0.176. The summed E-state index contributed by atoms with van der Waals surface area (Å²) < 4.78 is 10.3. The van der Waals surface area contributed by atoms with Gasteiger partial charge in [0.25, 0.3) is 0 Å². The molecule has 1 heterocycles. The molecule has 1 N–H and O–H groups in total. The van der Waals surface area contributed by atoms with E-state index >= 15 is 0 Å².